The number of nitrogens with two attached hydrogens (primary N) is 1. The normalized spacial score (nSPS) is 20.2. The summed E-state index contributed by atoms with van der Waals surface area (Å²) in [7, 11) is -3.98. The van der Waals surface area contributed by atoms with Gasteiger partial charge in [0.1, 0.15) is 9.75 Å². The molecule has 31 heavy (non-hydrogen) atoms. The molecule has 3 heterocycles. The van der Waals surface area contributed by atoms with E-state index in [0.29, 0.717) is 12.1 Å². The van der Waals surface area contributed by atoms with Crippen LogP contribution in [-0.2, 0) is 14.8 Å². The first-order valence-electron chi connectivity index (χ1n) is 9.79. The number of hydrogen-bond acceptors (Lipinski definition) is 6. The van der Waals surface area contributed by atoms with Crippen molar-refractivity contribution in [1.29, 1.82) is 0 Å². The van der Waals surface area contributed by atoms with Gasteiger partial charge in [0.05, 0.1) is 6.04 Å². The Morgan fingerprint density at radius 1 is 1.10 bits per heavy atom. The van der Waals surface area contributed by atoms with Crippen LogP contribution in [-0.4, -0.2) is 31.4 Å². The monoisotopic (exact) mass is 452 g/mol. The van der Waals surface area contributed by atoms with E-state index in [1.807, 2.05) is 48.5 Å². The molecule has 1 fully saturated rings. The smallest absolute Gasteiger partial charge is 0.251 e. The zero-order valence-electron chi connectivity index (χ0n) is 16.4. The highest BCUT2D eigenvalue weighted by atomic mass is 32.2. The van der Waals surface area contributed by atoms with Gasteiger partial charge in [-0.3, -0.25) is 9.78 Å². The van der Waals surface area contributed by atoms with Gasteiger partial charge in [-0.2, -0.15) is 4.72 Å². The number of benzene rings is 2. The first-order valence-corrected chi connectivity index (χ1v) is 12.1. The molecule has 0 saturated carbocycles. The molecule has 2 atom stereocenters. The number of rotatable bonds is 5. The number of fused-ring (bicyclic) bond motifs is 2. The standard InChI is InChI=1S/C22H20N4O3S2/c23-20(16-6-5-14-7-9-24-13-17(14)11-16)22(8-10-25-21(22)27)26-31(28,29)19-12-15-3-1-2-4-18(15)30-19/h1-7,9,11-13,20,26H,8,10,23H2,(H,25,27)/t20?,22-/m0/s1. The van der Waals surface area contributed by atoms with Gasteiger partial charge >= 0.3 is 0 Å². The Morgan fingerprint density at radius 2 is 1.94 bits per heavy atom. The highest BCUT2D eigenvalue weighted by Gasteiger charge is 2.51. The second kappa shape index (κ2) is 7.38. The maximum absolute atomic E-state index is 13.3. The Hall–Kier alpha value is -2.85. The molecule has 0 aliphatic carbocycles. The highest BCUT2D eigenvalue weighted by molar-refractivity contribution is 7.91. The summed E-state index contributed by atoms with van der Waals surface area (Å²) in [5.74, 6) is -0.420. The van der Waals surface area contributed by atoms with Crippen molar-refractivity contribution in [3.63, 3.8) is 0 Å². The summed E-state index contributed by atoms with van der Waals surface area (Å²) in [6, 6.07) is 15.7. The Kier molecular flexibility index (Phi) is 4.78. The van der Waals surface area contributed by atoms with Crippen LogP contribution in [0.15, 0.2) is 71.2 Å². The third kappa shape index (κ3) is 3.39. The number of thiophene rings is 1. The van der Waals surface area contributed by atoms with Crippen LogP contribution in [0.1, 0.15) is 18.0 Å². The molecular formula is C22H20N4O3S2. The summed E-state index contributed by atoms with van der Waals surface area (Å²) in [6.45, 7) is 0.344. The first-order chi connectivity index (χ1) is 14.9. The molecule has 158 valence electrons. The van der Waals surface area contributed by atoms with Gasteiger partial charge in [0, 0.05) is 29.0 Å². The molecule has 7 nitrogen and oxygen atoms in total. The first kappa shape index (κ1) is 20.1. The minimum Gasteiger partial charge on any atom is -0.354 e. The predicted molar refractivity (Wildman–Crippen MR) is 121 cm³/mol. The molecule has 1 unspecified atom stereocenters. The molecular weight excluding hydrogens is 432 g/mol. The average molecular weight is 453 g/mol. The van der Waals surface area contributed by atoms with E-state index in [-0.39, 0.29) is 10.6 Å². The second-order valence-electron chi connectivity index (χ2n) is 7.65. The molecule has 4 aromatic rings. The van der Waals surface area contributed by atoms with E-state index in [0.717, 1.165) is 20.9 Å². The Labute approximate surface area is 183 Å². The maximum Gasteiger partial charge on any atom is 0.251 e. The number of sulfonamides is 1. The fourth-order valence-electron chi connectivity index (χ4n) is 4.06. The van der Waals surface area contributed by atoms with Crippen LogP contribution in [0, 0.1) is 0 Å². The van der Waals surface area contributed by atoms with E-state index < -0.39 is 27.5 Å². The van der Waals surface area contributed by atoms with E-state index in [1.54, 1.807) is 18.5 Å². The number of carbonyl (C=O) groups excluding carboxylic acids is 1. The molecule has 4 N–H and O–H groups in total. The van der Waals surface area contributed by atoms with Crippen LogP contribution in [0.3, 0.4) is 0 Å². The lowest BCUT2D eigenvalue weighted by atomic mass is 9.85. The van der Waals surface area contributed by atoms with Crippen LogP contribution in [0.25, 0.3) is 20.9 Å². The third-order valence-corrected chi connectivity index (χ3v) is 8.85. The third-order valence-electron chi connectivity index (χ3n) is 5.75. The van der Waals surface area contributed by atoms with Crippen LogP contribution in [0.5, 0.6) is 0 Å². The van der Waals surface area contributed by atoms with Crippen molar-refractivity contribution < 1.29 is 13.2 Å². The number of hydrogen-bond donors (Lipinski definition) is 3. The van der Waals surface area contributed by atoms with Gasteiger partial charge in [-0.25, -0.2) is 8.42 Å². The minimum atomic E-state index is -3.98. The van der Waals surface area contributed by atoms with Gasteiger partial charge < -0.3 is 11.1 Å². The summed E-state index contributed by atoms with van der Waals surface area (Å²) in [5.41, 5.74) is 5.75. The maximum atomic E-state index is 13.3. The van der Waals surface area contributed by atoms with Gasteiger partial charge in [-0.1, -0.05) is 30.3 Å². The predicted octanol–water partition coefficient (Wildman–Crippen LogP) is 2.69. The number of pyridine rings is 1. The molecule has 5 rings (SSSR count). The van der Waals surface area contributed by atoms with Gasteiger partial charge in [0.25, 0.3) is 10.0 Å². The van der Waals surface area contributed by atoms with E-state index in [2.05, 4.69) is 15.0 Å². The fraction of sp³-hybridized carbons (Fsp3) is 0.182. The SMILES string of the molecule is NC(c1ccc2ccncc2c1)[C@@]1(NS(=O)(=O)c2cc3ccccc3s2)CCNC1=O. The summed E-state index contributed by atoms with van der Waals surface area (Å²) in [6.07, 6.45) is 3.67. The number of nitrogens with zero attached hydrogens (tertiary/aromatic N) is 1. The second-order valence-corrected chi connectivity index (χ2v) is 10.6. The molecule has 0 bridgehead atoms. The molecule has 1 amide bonds. The van der Waals surface area contributed by atoms with Crippen LogP contribution in [0.4, 0.5) is 0 Å². The minimum absolute atomic E-state index is 0.155. The van der Waals surface area contributed by atoms with Crippen molar-refractivity contribution in [2.45, 2.75) is 22.2 Å². The fourth-order valence-corrected chi connectivity index (χ4v) is 6.87. The van der Waals surface area contributed by atoms with E-state index >= 15 is 0 Å². The van der Waals surface area contributed by atoms with Gasteiger partial charge in [-0.05, 0) is 47.0 Å². The zero-order chi connectivity index (χ0) is 21.6. The largest absolute Gasteiger partial charge is 0.354 e. The quantitative estimate of drug-likeness (QED) is 0.431. The lowest BCUT2D eigenvalue weighted by molar-refractivity contribution is -0.124. The number of aromatic nitrogens is 1. The van der Waals surface area contributed by atoms with Crippen molar-refractivity contribution in [2.75, 3.05) is 6.54 Å². The van der Waals surface area contributed by atoms with E-state index in [4.69, 9.17) is 5.73 Å². The van der Waals surface area contributed by atoms with Crippen molar-refractivity contribution >= 4 is 48.1 Å². The van der Waals surface area contributed by atoms with Crippen molar-refractivity contribution in [3.8, 4) is 0 Å². The summed E-state index contributed by atoms with van der Waals surface area (Å²) in [4.78, 5) is 17.1. The zero-order valence-corrected chi connectivity index (χ0v) is 18.0. The molecule has 1 saturated heterocycles. The van der Waals surface area contributed by atoms with Gasteiger partial charge in [0.15, 0.2) is 0 Å². The highest BCUT2D eigenvalue weighted by Crippen LogP contribution is 2.35. The van der Waals surface area contributed by atoms with Crippen molar-refractivity contribution in [1.82, 2.24) is 15.0 Å². The van der Waals surface area contributed by atoms with Gasteiger partial charge in [-0.15, -0.1) is 11.3 Å². The topological polar surface area (TPSA) is 114 Å². The molecule has 1 aliphatic heterocycles. The summed E-state index contributed by atoms with van der Waals surface area (Å²) in [5, 5.41) is 5.44. The lowest BCUT2D eigenvalue weighted by Gasteiger charge is -2.33. The van der Waals surface area contributed by atoms with E-state index in [9.17, 15) is 13.2 Å². The van der Waals surface area contributed by atoms with Crippen LogP contribution < -0.4 is 15.8 Å². The number of amides is 1. The Balaban J connectivity index is 1.55. The Bertz CT molecular complexity index is 1380. The Morgan fingerprint density at radius 3 is 2.71 bits per heavy atom. The van der Waals surface area contributed by atoms with Crippen LogP contribution in [0.2, 0.25) is 0 Å². The molecule has 0 radical (unpaired) electrons. The molecule has 9 heteroatoms. The van der Waals surface area contributed by atoms with Crippen molar-refractivity contribution in [3.05, 3.63) is 72.6 Å². The summed E-state index contributed by atoms with van der Waals surface area (Å²) < 4.78 is 30.3. The molecule has 2 aromatic carbocycles. The number of nitrogens with one attached hydrogen (secondary N) is 2. The lowest BCUT2D eigenvalue weighted by Crippen LogP contribution is -2.59. The van der Waals surface area contributed by atoms with Crippen molar-refractivity contribution in [2.24, 2.45) is 5.73 Å². The number of carbonyl (C=O) groups is 1. The average Bonchev–Trinajstić information content (AvgIpc) is 3.37. The molecule has 2 aromatic heterocycles. The van der Waals surface area contributed by atoms with Crippen LogP contribution >= 0.6 is 11.3 Å². The molecule has 1 aliphatic rings. The molecule has 0 spiro atoms. The summed E-state index contributed by atoms with van der Waals surface area (Å²) >= 11 is 1.17. The van der Waals surface area contributed by atoms with E-state index in [1.165, 1.54) is 11.3 Å². The van der Waals surface area contributed by atoms with Gasteiger partial charge in [0.2, 0.25) is 5.91 Å².